The molecule has 5 heteroatoms. The molecule has 0 spiro atoms. The maximum Gasteiger partial charge on any atom is 0.416 e. The van der Waals surface area contributed by atoms with E-state index in [1.165, 1.54) is 12.1 Å². The zero-order valence-corrected chi connectivity index (χ0v) is 8.96. The number of hydrogen-bond donors (Lipinski definition) is 1. The van der Waals surface area contributed by atoms with E-state index in [-0.39, 0.29) is 11.1 Å². The molecule has 0 aliphatic rings. The van der Waals surface area contributed by atoms with Crippen LogP contribution in [-0.2, 0) is 6.18 Å². The quantitative estimate of drug-likeness (QED) is 0.883. The molecule has 0 bridgehead atoms. The summed E-state index contributed by atoms with van der Waals surface area (Å²) in [6, 6.07) is 4.89. The van der Waals surface area contributed by atoms with Crippen molar-refractivity contribution in [3.63, 3.8) is 0 Å². The third-order valence-corrected chi connectivity index (χ3v) is 2.13. The molecule has 1 rings (SSSR count). The van der Waals surface area contributed by atoms with Crippen molar-refractivity contribution in [2.45, 2.75) is 12.6 Å². The molecule has 0 saturated carbocycles. The molecule has 0 aromatic heterocycles. The second-order valence-corrected chi connectivity index (χ2v) is 3.39. The lowest BCUT2D eigenvalue weighted by Gasteiger charge is -2.08. The molecular weight excluding hydrogens is 229 g/mol. The fourth-order valence-electron chi connectivity index (χ4n) is 1.29. The zero-order valence-electron chi connectivity index (χ0n) is 8.96. The van der Waals surface area contributed by atoms with Gasteiger partial charge in [0.2, 0.25) is 0 Å². The van der Waals surface area contributed by atoms with Crippen LogP contribution in [0, 0.1) is 11.3 Å². The molecule has 1 aromatic rings. The average Bonchev–Trinajstić information content (AvgIpc) is 2.28. The monoisotopic (exact) mass is 240 g/mol. The highest BCUT2D eigenvalue weighted by atomic mass is 19.4. The topological polar surface area (TPSA) is 49.8 Å². The number of halogens is 3. The number of nitrogens with two attached hydrogens (primary N) is 1. The van der Waals surface area contributed by atoms with Crippen LogP contribution >= 0.6 is 0 Å². The van der Waals surface area contributed by atoms with Crippen LogP contribution in [0.15, 0.2) is 24.3 Å². The zero-order chi connectivity index (χ0) is 12.9. The Labute approximate surface area is 97.2 Å². The van der Waals surface area contributed by atoms with Crippen molar-refractivity contribution in [2.75, 3.05) is 6.54 Å². The van der Waals surface area contributed by atoms with Gasteiger partial charge >= 0.3 is 6.18 Å². The summed E-state index contributed by atoms with van der Waals surface area (Å²) < 4.78 is 37.4. The molecule has 0 aliphatic heterocycles. The Morgan fingerprint density at radius 1 is 1.35 bits per heavy atom. The van der Waals surface area contributed by atoms with Crippen molar-refractivity contribution in [1.82, 2.24) is 0 Å². The minimum atomic E-state index is -4.40. The summed E-state index contributed by atoms with van der Waals surface area (Å²) in [4.78, 5) is 0. The molecule has 2 nitrogen and oxygen atoms in total. The third kappa shape index (κ3) is 3.61. The summed E-state index contributed by atoms with van der Waals surface area (Å²) in [5.41, 5.74) is 4.98. The van der Waals surface area contributed by atoms with Gasteiger partial charge in [0.05, 0.1) is 17.2 Å². The van der Waals surface area contributed by atoms with Gasteiger partial charge in [0, 0.05) is 0 Å². The number of alkyl halides is 3. The Morgan fingerprint density at radius 3 is 2.59 bits per heavy atom. The van der Waals surface area contributed by atoms with Crippen molar-refractivity contribution in [3.05, 3.63) is 41.0 Å². The first-order chi connectivity index (χ1) is 7.99. The van der Waals surface area contributed by atoms with E-state index < -0.39 is 11.7 Å². The van der Waals surface area contributed by atoms with Gasteiger partial charge in [0.25, 0.3) is 0 Å². The molecule has 1 aromatic carbocycles. The average molecular weight is 240 g/mol. The smallest absolute Gasteiger partial charge is 0.330 e. The molecular formula is C12H11F3N2. The molecule has 0 atom stereocenters. The highest BCUT2D eigenvalue weighted by Crippen LogP contribution is 2.30. The van der Waals surface area contributed by atoms with E-state index in [4.69, 9.17) is 11.0 Å². The Bertz CT molecular complexity index is 456. The van der Waals surface area contributed by atoms with Crippen LogP contribution in [0.3, 0.4) is 0 Å². The standard InChI is InChI=1S/C12H11F3N2/c13-12(14,15)11-5-4-10(8-17)9(7-11)3-1-2-6-16/h1,3-5,7H,2,6,16H2. The second-order valence-electron chi connectivity index (χ2n) is 3.39. The predicted molar refractivity (Wildman–Crippen MR) is 58.9 cm³/mol. The first-order valence-electron chi connectivity index (χ1n) is 4.97. The first kappa shape index (κ1) is 13.3. The number of benzene rings is 1. The SMILES string of the molecule is N#Cc1ccc(C(F)(F)F)cc1C=CCCN. The van der Waals surface area contributed by atoms with Gasteiger partial charge in [-0.3, -0.25) is 0 Å². The van der Waals surface area contributed by atoms with Crippen LogP contribution in [-0.4, -0.2) is 6.54 Å². The first-order valence-corrected chi connectivity index (χ1v) is 4.97. The van der Waals surface area contributed by atoms with Gasteiger partial charge in [-0.25, -0.2) is 0 Å². The molecule has 0 radical (unpaired) electrons. The Kier molecular flexibility index (Phi) is 4.30. The lowest BCUT2D eigenvalue weighted by atomic mass is 10.0. The fraction of sp³-hybridized carbons (Fsp3) is 0.250. The van der Waals surface area contributed by atoms with Gasteiger partial charge in [-0.05, 0) is 36.7 Å². The van der Waals surface area contributed by atoms with Crippen LogP contribution in [0.1, 0.15) is 23.1 Å². The molecule has 17 heavy (non-hydrogen) atoms. The third-order valence-electron chi connectivity index (χ3n) is 2.13. The number of nitrogens with zero attached hydrogens (tertiary/aromatic N) is 1. The van der Waals surface area contributed by atoms with Crippen molar-refractivity contribution in [3.8, 4) is 6.07 Å². The van der Waals surface area contributed by atoms with Crippen molar-refractivity contribution >= 4 is 6.08 Å². The van der Waals surface area contributed by atoms with Gasteiger partial charge in [0.15, 0.2) is 0 Å². The van der Waals surface area contributed by atoms with E-state index in [0.717, 1.165) is 12.1 Å². The maximum atomic E-state index is 12.5. The van der Waals surface area contributed by atoms with Crippen molar-refractivity contribution < 1.29 is 13.2 Å². The van der Waals surface area contributed by atoms with E-state index in [2.05, 4.69) is 0 Å². The molecule has 2 N–H and O–H groups in total. The Balaban J connectivity index is 3.12. The van der Waals surface area contributed by atoms with Crippen molar-refractivity contribution in [1.29, 1.82) is 5.26 Å². The molecule has 0 aliphatic carbocycles. The summed E-state index contributed by atoms with van der Waals surface area (Å²) >= 11 is 0. The fourth-order valence-corrected chi connectivity index (χ4v) is 1.29. The van der Waals surface area contributed by atoms with Gasteiger partial charge in [-0.15, -0.1) is 0 Å². The minimum absolute atomic E-state index is 0.214. The largest absolute Gasteiger partial charge is 0.416 e. The number of hydrogen-bond acceptors (Lipinski definition) is 2. The summed E-state index contributed by atoms with van der Waals surface area (Å²) in [5, 5.41) is 8.78. The summed E-state index contributed by atoms with van der Waals surface area (Å²) in [6.07, 6.45) is -0.706. The maximum absolute atomic E-state index is 12.5. The minimum Gasteiger partial charge on any atom is -0.330 e. The number of nitriles is 1. The van der Waals surface area contributed by atoms with Crippen LogP contribution in [0.2, 0.25) is 0 Å². The summed E-state index contributed by atoms with van der Waals surface area (Å²) in [6.45, 7) is 0.414. The Hall–Kier alpha value is -1.80. The van der Waals surface area contributed by atoms with E-state index in [0.29, 0.717) is 13.0 Å². The number of rotatable bonds is 3. The molecule has 0 heterocycles. The van der Waals surface area contributed by atoms with Crippen molar-refractivity contribution in [2.24, 2.45) is 5.73 Å². The highest BCUT2D eigenvalue weighted by molar-refractivity contribution is 5.59. The molecule has 0 unspecified atom stereocenters. The van der Waals surface area contributed by atoms with Gasteiger partial charge < -0.3 is 5.73 Å². The molecule has 0 fully saturated rings. The normalized spacial score (nSPS) is 11.7. The molecule has 0 amide bonds. The van der Waals surface area contributed by atoms with Crippen LogP contribution in [0.5, 0.6) is 0 Å². The lowest BCUT2D eigenvalue weighted by molar-refractivity contribution is -0.137. The molecule has 0 saturated heterocycles. The Morgan fingerprint density at radius 2 is 2.06 bits per heavy atom. The van der Waals surface area contributed by atoms with E-state index in [1.54, 1.807) is 6.08 Å². The van der Waals surface area contributed by atoms with Crippen LogP contribution in [0.4, 0.5) is 13.2 Å². The second kappa shape index (κ2) is 5.51. The van der Waals surface area contributed by atoms with Crippen LogP contribution in [0.25, 0.3) is 6.08 Å². The highest BCUT2D eigenvalue weighted by Gasteiger charge is 2.30. The molecule has 90 valence electrons. The van der Waals surface area contributed by atoms with E-state index in [9.17, 15) is 13.2 Å². The van der Waals surface area contributed by atoms with Gasteiger partial charge in [-0.1, -0.05) is 12.2 Å². The van der Waals surface area contributed by atoms with Crippen LogP contribution < -0.4 is 5.73 Å². The van der Waals surface area contributed by atoms with E-state index >= 15 is 0 Å². The lowest BCUT2D eigenvalue weighted by Crippen LogP contribution is -2.05. The summed E-state index contributed by atoms with van der Waals surface area (Å²) in [7, 11) is 0. The summed E-state index contributed by atoms with van der Waals surface area (Å²) in [5.74, 6) is 0. The van der Waals surface area contributed by atoms with Gasteiger partial charge in [0.1, 0.15) is 0 Å². The predicted octanol–water partition coefficient (Wildman–Crippen LogP) is 2.94. The van der Waals surface area contributed by atoms with Gasteiger partial charge in [-0.2, -0.15) is 18.4 Å². The van der Waals surface area contributed by atoms with E-state index in [1.807, 2.05) is 6.07 Å².